The second-order valence-corrected chi connectivity index (χ2v) is 7.78. The number of hydrogen-bond donors (Lipinski definition) is 3. The fraction of sp³-hybridized carbons (Fsp3) is 0. The summed E-state index contributed by atoms with van der Waals surface area (Å²) in [6.45, 7) is 0. The zero-order valence-corrected chi connectivity index (χ0v) is 15.9. The Hall–Kier alpha value is -1.58. The molecule has 4 aromatic rings. The molecule has 8 heteroatoms. The van der Waals surface area contributed by atoms with Gasteiger partial charge in [-0.1, -0.05) is 45.5 Å². The van der Waals surface area contributed by atoms with E-state index in [2.05, 4.69) is 86.5 Å². The number of hydrogen-bond acceptors (Lipinski definition) is 5. The van der Waals surface area contributed by atoms with Crippen LogP contribution < -0.4 is 9.06 Å². The number of thiazole rings is 1. The molecule has 25 heavy (non-hydrogen) atoms. The summed E-state index contributed by atoms with van der Waals surface area (Å²) in [4.78, 5) is 1.29. The molecular formula is C17H14BrClNO4S+. The molecule has 2 heterocycles. The molecule has 0 saturated heterocycles. The van der Waals surface area contributed by atoms with Crippen LogP contribution in [-0.2, 0) is 0 Å². The van der Waals surface area contributed by atoms with Gasteiger partial charge in [-0.2, -0.15) is 0 Å². The second-order valence-electron chi connectivity index (χ2n) is 5.14. The normalized spacial score (nSPS) is 12.0. The molecule has 0 bridgehead atoms. The molecule has 0 saturated carbocycles. The molecular weight excluding hydrogens is 430 g/mol. The van der Waals surface area contributed by atoms with Gasteiger partial charge in [-0.25, -0.2) is 0 Å². The number of fused-ring (bicyclic) bond motifs is 3. The molecule has 0 atom stereocenters. The first-order valence-electron chi connectivity index (χ1n) is 7.06. The first-order chi connectivity index (χ1) is 11.8. The van der Waals surface area contributed by atoms with Gasteiger partial charge in [-0.15, -0.1) is 4.40 Å². The fourth-order valence-corrected chi connectivity index (χ4v) is 3.82. The van der Waals surface area contributed by atoms with Crippen LogP contribution in [0.1, 0.15) is 0 Å². The number of nitrogens with zero attached hydrogens (tertiary/aromatic N) is 1. The summed E-state index contributed by atoms with van der Waals surface area (Å²) >= 11 is 5.28. The van der Waals surface area contributed by atoms with Crippen molar-refractivity contribution in [1.29, 1.82) is 0 Å². The molecule has 4 rings (SSSR count). The van der Waals surface area contributed by atoms with Crippen molar-refractivity contribution in [1.82, 2.24) is 0 Å². The van der Waals surface area contributed by atoms with Crippen LogP contribution in [0, 0.1) is 10.2 Å². The van der Waals surface area contributed by atoms with Crippen LogP contribution in [-0.4, -0.2) is 14.0 Å². The van der Waals surface area contributed by atoms with Gasteiger partial charge < -0.3 is 0 Å². The van der Waals surface area contributed by atoms with Gasteiger partial charge in [-0.3, -0.25) is 0 Å². The topological polar surface area (TPSA) is 87.9 Å². The summed E-state index contributed by atoms with van der Waals surface area (Å²) in [5.74, 6) is 0. The second kappa shape index (κ2) is 7.35. The van der Waals surface area contributed by atoms with Crippen molar-refractivity contribution in [2.24, 2.45) is 0 Å². The molecule has 0 spiro atoms. The average Bonchev–Trinajstić information content (AvgIpc) is 2.98. The van der Waals surface area contributed by atoms with E-state index in [1.807, 2.05) is 0 Å². The quantitative estimate of drug-likeness (QED) is 0.394. The van der Waals surface area contributed by atoms with Crippen LogP contribution in [0.4, 0.5) is 0 Å². The van der Waals surface area contributed by atoms with Crippen molar-refractivity contribution >= 4 is 42.9 Å². The van der Waals surface area contributed by atoms with Crippen molar-refractivity contribution in [3.05, 3.63) is 70.6 Å². The van der Waals surface area contributed by atoms with Crippen molar-refractivity contribution < 1.29 is 33.3 Å². The van der Waals surface area contributed by atoms with E-state index in [9.17, 15) is 0 Å². The van der Waals surface area contributed by atoms with Crippen molar-refractivity contribution in [3.63, 3.8) is 0 Å². The number of pyridine rings is 1. The van der Waals surface area contributed by atoms with Gasteiger partial charge >= 0.3 is 28.9 Å². The average molecular weight is 444 g/mol. The minimum atomic E-state index is -4.19. The molecule has 2 aromatic carbocycles. The maximum absolute atomic E-state index is 8.83. The molecule has 0 aliphatic heterocycles. The van der Waals surface area contributed by atoms with Gasteiger partial charge in [0.05, 0.1) is 10.8 Å². The summed E-state index contributed by atoms with van der Waals surface area (Å²) in [7, 11) is -4.19. The maximum atomic E-state index is 8.83. The SMILES string of the molecule is Brc1ccc(-c2csc3c4ccccc4cc[n+]23)cc1.[O-][Cl+](O)(O)O. The Morgan fingerprint density at radius 1 is 0.960 bits per heavy atom. The third kappa shape index (κ3) is 4.53. The van der Waals surface area contributed by atoms with Crippen molar-refractivity contribution in [3.8, 4) is 11.3 Å². The monoisotopic (exact) mass is 442 g/mol. The van der Waals surface area contributed by atoms with Gasteiger partial charge in [-0.05, 0) is 35.7 Å². The van der Waals surface area contributed by atoms with Crippen molar-refractivity contribution in [2.45, 2.75) is 0 Å². The predicted octanol–water partition coefficient (Wildman–Crippen LogP) is 2.21. The molecule has 0 fully saturated rings. The fourth-order valence-electron chi connectivity index (χ4n) is 2.50. The minimum absolute atomic E-state index is 1.11. The van der Waals surface area contributed by atoms with E-state index >= 15 is 0 Å². The molecule has 0 aliphatic rings. The Morgan fingerprint density at radius 2 is 1.60 bits per heavy atom. The molecule has 5 nitrogen and oxygen atoms in total. The predicted molar refractivity (Wildman–Crippen MR) is 94.8 cm³/mol. The number of rotatable bonds is 1. The molecule has 0 unspecified atom stereocenters. The number of halogens is 2. The standard InChI is InChI=1S/C17H11BrNS.ClH3O4/c18-14-7-5-13(6-8-14)16-11-20-17-15-4-2-1-3-12(15)9-10-19(16)17;2-1(3,4)5/h1-11H;2-4H/q+1;. The molecule has 3 N–H and O–H groups in total. The first kappa shape index (κ1) is 18.2. The van der Waals surface area contributed by atoms with Crippen LogP contribution in [0.15, 0.2) is 70.6 Å². The van der Waals surface area contributed by atoms with Gasteiger partial charge in [0.2, 0.25) is 5.69 Å². The van der Waals surface area contributed by atoms with Crippen LogP contribution in [0.2, 0.25) is 0 Å². The molecule has 0 radical (unpaired) electrons. The Labute approximate surface area is 157 Å². The Balaban J connectivity index is 0.000000324. The van der Waals surface area contributed by atoms with Gasteiger partial charge in [0.15, 0.2) is 6.20 Å². The summed E-state index contributed by atoms with van der Waals surface area (Å²) in [5.41, 5.74) is 2.47. The van der Waals surface area contributed by atoms with E-state index in [1.54, 1.807) is 11.3 Å². The third-order valence-electron chi connectivity index (χ3n) is 3.49. The van der Waals surface area contributed by atoms with E-state index in [0.717, 1.165) is 4.47 Å². The zero-order chi connectivity index (χ0) is 18.0. The summed E-state index contributed by atoms with van der Waals surface area (Å²) in [6, 6.07) is 19.2. The summed E-state index contributed by atoms with van der Waals surface area (Å²) in [5, 5.41) is 4.82. The van der Waals surface area contributed by atoms with E-state index in [4.69, 9.17) is 18.6 Å². The van der Waals surface area contributed by atoms with Crippen LogP contribution in [0.5, 0.6) is 0 Å². The van der Waals surface area contributed by atoms with Gasteiger partial charge in [0.1, 0.15) is 0 Å². The van der Waals surface area contributed by atoms with Crippen molar-refractivity contribution in [2.75, 3.05) is 0 Å². The Morgan fingerprint density at radius 3 is 2.28 bits per heavy atom. The van der Waals surface area contributed by atoms with E-state index in [-0.39, 0.29) is 0 Å². The Bertz CT molecular complexity index is 1010. The number of benzene rings is 2. The molecule has 0 amide bonds. The van der Waals surface area contributed by atoms with E-state index < -0.39 is 10.2 Å². The third-order valence-corrected chi connectivity index (χ3v) is 5.00. The van der Waals surface area contributed by atoms with Crippen LogP contribution in [0.3, 0.4) is 0 Å². The zero-order valence-electron chi connectivity index (χ0n) is 12.7. The Kier molecular flexibility index (Phi) is 5.35. The molecule has 0 aliphatic carbocycles. The summed E-state index contributed by atoms with van der Waals surface area (Å²) < 4.78 is 33.6. The van der Waals surface area contributed by atoms with Crippen LogP contribution >= 0.6 is 27.3 Å². The summed E-state index contributed by atoms with van der Waals surface area (Å²) in [6.07, 6.45) is 2.16. The molecule has 130 valence electrons. The van der Waals surface area contributed by atoms with E-state index in [1.165, 1.54) is 26.9 Å². The van der Waals surface area contributed by atoms with Gasteiger partial charge in [0, 0.05) is 16.1 Å². The molecule has 2 aromatic heterocycles. The number of aromatic nitrogens is 1. The first-order valence-corrected chi connectivity index (χ1v) is 10.1. The van der Waals surface area contributed by atoms with Crippen LogP contribution in [0.25, 0.3) is 26.9 Å². The van der Waals surface area contributed by atoms with E-state index in [0.29, 0.717) is 0 Å². The van der Waals surface area contributed by atoms with Gasteiger partial charge in [0.25, 0.3) is 4.83 Å².